The number of nitriles is 1. The maximum Gasteiger partial charge on any atom is 0.262 e. The highest BCUT2D eigenvalue weighted by Crippen LogP contribution is 2.32. The van der Waals surface area contributed by atoms with Gasteiger partial charge in [0.2, 0.25) is 0 Å². The molecule has 0 heterocycles. The van der Waals surface area contributed by atoms with Crippen molar-refractivity contribution in [1.82, 2.24) is 5.32 Å². The third kappa shape index (κ3) is 4.47. The van der Waals surface area contributed by atoms with E-state index < -0.39 is 5.91 Å². The Hall–Kier alpha value is -2.53. The second-order valence-corrected chi connectivity index (χ2v) is 5.87. The normalized spacial score (nSPS) is 10.9. The Morgan fingerprint density at radius 2 is 1.96 bits per heavy atom. The minimum atomic E-state index is -0.501. The van der Waals surface area contributed by atoms with Crippen LogP contribution in [0.15, 0.2) is 48.0 Å². The molecule has 23 heavy (non-hydrogen) atoms. The van der Waals surface area contributed by atoms with Gasteiger partial charge in [-0.2, -0.15) is 5.26 Å². The van der Waals surface area contributed by atoms with Gasteiger partial charge in [-0.25, -0.2) is 0 Å². The third-order valence-electron chi connectivity index (χ3n) is 3.04. The van der Waals surface area contributed by atoms with Gasteiger partial charge in [0, 0.05) is 6.54 Å². The summed E-state index contributed by atoms with van der Waals surface area (Å²) in [6.07, 6.45) is 1.36. The highest BCUT2D eigenvalue weighted by atomic mass is 127. The second-order valence-electron chi connectivity index (χ2n) is 4.71. The molecule has 0 aromatic heterocycles. The molecule has 2 aromatic carbocycles. The summed E-state index contributed by atoms with van der Waals surface area (Å²) in [5, 5.41) is 30.9. The molecular formula is C17H13IN2O3. The van der Waals surface area contributed by atoms with Crippen molar-refractivity contribution in [3.05, 3.63) is 62.7 Å². The lowest BCUT2D eigenvalue weighted by atomic mass is 10.1. The minimum absolute atomic E-state index is 0.0816. The number of halogens is 1. The van der Waals surface area contributed by atoms with Crippen LogP contribution in [0, 0.1) is 14.9 Å². The van der Waals surface area contributed by atoms with Crippen LogP contribution in [0.2, 0.25) is 0 Å². The standard InChI is InChI=1S/C17H13IN2O3/c18-14-7-12(8-15(21)16(14)22)6-13(9-19)17(23)20-10-11-4-2-1-3-5-11/h1-8,21-22H,10H2,(H,20,23)/b13-6+. The highest BCUT2D eigenvalue weighted by molar-refractivity contribution is 14.1. The molecule has 2 aromatic rings. The number of hydrogen-bond donors (Lipinski definition) is 3. The van der Waals surface area contributed by atoms with Crippen molar-refractivity contribution < 1.29 is 15.0 Å². The molecule has 5 nitrogen and oxygen atoms in total. The Morgan fingerprint density at radius 1 is 1.26 bits per heavy atom. The molecule has 0 aliphatic heterocycles. The molecule has 0 unspecified atom stereocenters. The van der Waals surface area contributed by atoms with Crippen LogP contribution in [-0.2, 0) is 11.3 Å². The molecule has 116 valence electrons. The van der Waals surface area contributed by atoms with Crippen molar-refractivity contribution in [2.75, 3.05) is 0 Å². The number of phenolic OH excluding ortho intramolecular Hbond substituents is 2. The van der Waals surface area contributed by atoms with Gasteiger partial charge >= 0.3 is 0 Å². The fraction of sp³-hybridized carbons (Fsp3) is 0.0588. The summed E-state index contributed by atoms with van der Waals surface area (Å²) in [6, 6.07) is 14.1. The number of nitrogens with one attached hydrogen (secondary N) is 1. The van der Waals surface area contributed by atoms with Gasteiger partial charge in [-0.15, -0.1) is 0 Å². The first-order valence-electron chi connectivity index (χ1n) is 6.66. The predicted molar refractivity (Wildman–Crippen MR) is 94.4 cm³/mol. The summed E-state index contributed by atoms with van der Waals surface area (Å²) in [7, 11) is 0. The molecule has 0 bridgehead atoms. The second kappa shape index (κ2) is 7.65. The number of carbonyl (C=O) groups is 1. The lowest BCUT2D eigenvalue weighted by Gasteiger charge is -2.05. The van der Waals surface area contributed by atoms with Crippen molar-refractivity contribution in [3.8, 4) is 17.6 Å². The van der Waals surface area contributed by atoms with E-state index in [1.807, 2.05) is 59.0 Å². The number of amides is 1. The summed E-state index contributed by atoms with van der Waals surface area (Å²) in [6.45, 7) is 0.317. The van der Waals surface area contributed by atoms with E-state index in [4.69, 9.17) is 5.26 Å². The van der Waals surface area contributed by atoms with Crippen LogP contribution >= 0.6 is 22.6 Å². The van der Waals surface area contributed by atoms with Crippen LogP contribution in [0.5, 0.6) is 11.5 Å². The Labute approximate surface area is 147 Å². The fourth-order valence-electron chi connectivity index (χ4n) is 1.88. The van der Waals surface area contributed by atoms with E-state index in [0.717, 1.165) is 5.56 Å². The van der Waals surface area contributed by atoms with Crippen LogP contribution in [0.1, 0.15) is 11.1 Å². The molecule has 0 saturated heterocycles. The van der Waals surface area contributed by atoms with Crippen molar-refractivity contribution in [2.45, 2.75) is 6.54 Å². The average molecular weight is 420 g/mol. The third-order valence-corrected chi connectivity index (χ3v) is 3.86. The number of carbonyl (C=O) groups excluding carboxylic acids is 1. The van der Waals surface area contributed by atoms with E-state index in [0.29, 0.717) is 15.7 Å². The topological polar surface area (TPSA) is 93.3 Å². The zero-order valence-corrected chi connectivity index (χ0v) is 14.1. The zero-order chi connectivity index (χ0) is 16.8. The molecule has 2 rings (SSSR count). The van der Waals surface area contributed by atoms with Gasteiger partial charge in [-0.3, -0.25) is 4.79 Å². The first-order valence-corrected chi connectivity index (χ1v) is 7.74. The molecule has 0 atom stereocenters. The summed E-state index contributed by atoms with van der Waals surface area (Å²) >= 11 is 1.85. The van der Waals surface area contributed by atoms with Gasteiger partial charge in [0.25, 0.3) is 5.91 Å². The molecular weight excluding hydrogens is 407 g/mol. The van der Waals surface area contributed by atoms with E-state index in [2.05, 4.69) is 5.32 Å². The van der Waals surface area contributed by atoms with Gasteiger partial charge < -0.3 is 15.5 Å². The molecule has 0 saturated carbocycles. The molecule has 0 radical (unpaired) electrons. The van der Waals surface area contributed by atoms with E-state index in [-0.39, 0.29) is 17.1 Å². The summed E-state index contributed by atoms with van der Waals surface area (Å²) in [5.41, 5.74) is 1.30. The lowest BCUT2D eigenvalue weighted by Crippen LogP contribution is -2.23. The van der Waals surface area contributed by atoms with Crippen LogP contribution in [0.25, 0.3) is 6.08 Å². The van der Waals surface area contributed by atoms with Gasteiger partial charge in [0.15, 0.2) is 11.5 Å². The maximum atomic E-state index is 12.1. The van der Waals surface area contributed by atoms with Gasteiger partial charge in [0.05, 0.1) is 3.57 Å². The molecule has 0 fully saturated rings. The van der Waals surface area contributed by atoms with E-state index in [1.165, 1.54) is 12.1 Å². The lowest BCUT2D eigenvalue weighted by molar-refractivity contribution is -0.117. The molecule has 3 N–H and O–H groups in total. The summed E-state index contributed by atoms with van der Waals surface area (Å²) in [5.74, 6) is -1.03. The van der Waals surface area contributed by atoms with E-state index in [9.17, 15) is 15.0 Å². The number of phenols is 2. The molecule has 1 amide bonds. The van der Waals surface area contributed by atoms with Crippen molar-refractivity contribution in [3.63, 3.8) is 0 Å². The van der Waals surface area contributed by atoms with Crippen molar-refractivity contribution in [1.29, 1.82) is 5.26 Å². The largest absolute Gasteiger partial charge is 0.504 e. The van der Waals surface area contributed by atoms with Crippen LogP contribution in [0.3, 0.4) is 0 Å². The molecule has 0 spiro atoms. The quantitative estimate of drug-likeness (QED) is 0.307. The number of rotatable bonds is 4. The Morgan fingerprint density at radius 3 is 2.57 bits per heavy atom. The summed E-state index contributed by atoms with van der Waals surface area (Å²) < 4.78 is 0.427. The fourth-order valence-corrected chi connectivity index (χ4v) is 2.51. The van der Waals surface area contributed by atoms with Gasteiger partial charge in [-0.1, -0.05) is 30.3 Å². The Kier molecular flexibility index (Phi) is 5.60. The monoisotopic (exact) mass is 420 g/mol. The summed E-state index contributed by atoms with van der Waals surface area (Å²) in [4.78, 5) is 12.1. The number of aromatic hydroxyl groups is 2. The van der Waals surface area contributed by atoms with Gasteiger partial charge in [-0.05, 0) is 51.9 Å². The van der Waals surface area contributed by atoms with Crippen LogP contribution < -0.4 is 5.32 Å². The van der Waals surface area contributed by atoms with Crippen molar-refractivity contribution in [2.24, 2.45) is 0 Å². The van der Waals surface area contributed by atoms with Crippen LogP contribution in [-0.4, -0.2) is 16.1 Å². The maximum absolute atomic E-state index is 12.1. The number of benzene rings is 2. The highest BCUT2D eigenvalue weighted by Gasteiger charge is 2.11. The molecule has 0 aliphatic carbocycles. The zero-order valence-electron chi connectivity index (χ0n) is 12.0. The Balaban J connectivity index is 2.15. The number of hydrogen-bond acceptors (Lipinski definition) is 4. The smallest absolute Gasteiger partial charge is 0.262 e. The first-order chi connectivity index (χ1) is 11.0. The SMILES string of the molecule is N#C/C(=C\c1cc(O)c(O)c(I)c1)C(=O)NCc1ccccc1. The molecule has 0 aliphatic rings. The average Bonchev–Trinajstić information content (AvgIpc) is 2.56. The van der Waals surface area contributed by atoms with E-state index >= 15 is 0 Å². The van der Waals surface area contributed by atoms with Crippen LogP contribution in [0.4, 0.5) is 0 Å². The van der Waals surface area contributed by atoms with Crippen molar-refractivity contribution >= 4 is 34.6 Å². The Bertz CT molecular complexity index is 772. The van der Waals surface area contributed by atoms with Gasteiger partial charge in [0.1, 0.15) is 11.6 Å². The van der Waals surface area contributed by atoms with E-state index in [1.54, 1.807) is 6.07 Å². The predicted octanol–water partition coefficient (Wildman–Crippen LogP) is 2.93. The molecule has 6 heteroatoms. The first kappa shape index (κ1) is 16.8. The minimum Gasteiger partial charge on any atom is -0.504 e. The number of nitrogens with zero attached hydrogens (tertiary/aromatic N) is 1.